The lowest BCUT2D eigenvalue weighted by Crippen LogP contribution is -2.36. The molecule has 3 aromatic rings. The molecule has 0 aliphatic carbocycles. The van der Waals surface area contributed by atoms with Crippen molar-refractivity contribution in [1.82, 2.24) is 19.4 Å². The number of hydrogen-bond donors (Lipinski definition) is 1. The first-order chi connectivity index (χ1) is 18.0. The Morgan fingerprint density at radius 2 is 1.97 bits per heavy atom. The maximum absolute atomic E-state index is 13.2. The van der Waals surface area contributed by atoms with Gasteiger partial charge in [0.2, 0.25) is 11.9 Å². The molecule has 1 atom stereocenters. The topological polar surface area (TPSA) is 79.7 Å². The molecule has 1 N–H and O–H groups in total. The maximum atomic E-state index is 13.2. The number of para-hydroxylation sites is 1. The number of imidazole rings is 1. The highest BCUT2D eigenvalue weighted by molar-refractivity contribution is 6.04. The van der Waals surface area contributed by atoms with Crippen LogP contribution in [0.25, 0.3) is 11.0 Å². The van der Waals surface area contributed by atoms with Crippen molar-refractivity contribution in [1.29, 1.82) is 0 Å². The number of carbonyl (C=O) groups excluding carboxylic acids is 2. The quantitative estimate of drug-likeness (QED) is 0.486. The van der Waals surface area contributed by atoms with E-state index in [9.17, 15) is 22.8 Å². The number of hydrogen-bond acceptors (Lipinski definition) is 5. The summed E-state index contributed by atoms with van der Waals surface area (Å²) in [6.07, 6.45) is -1.24. The van der Waals surface area contributed by atoms with Crippen LogP contribution in [0, 0.1) is 6.92 Å². The molecule has 0 radical (unpaired) electrons. The van der Waals surface area contributed by atoms with E-state index in [2.05, 4.69) is 10.3 Å². The molecule has 1 aliphatic heterocycles. The third-order valence-corrected chi connectivity index (χ3v) is 6.24. The molecule has 202 valence electrons. The van der Waals surface area contributed by atoms with Gasteiger partial charge in [-0.3, -0.25) is 14.9 Å². The number of amides is 2. The molecule has 2 aromatic carbocycles. The summed E-state index contributed by atoms with van der Waals surface area (Å²) in [7, 11) is 3.82. The van der Waals surface area contributed by atoms with E-state index in [4.69, 9.17) is 4.74 Å². The van der Waals surface area contributed by atoms with E-state index in [1.54, 1.807) is 17.0 Å². The van der Waals surface area contributed by atoms with Gasteiger partial charge in [-0.15, -0.1) is 0 Å². The van der Waals surface area contributed by atoms with Gasteiger partial charge in [-0.1, -0.05) is 24.3 Å². The second kappa shape index (κ2) is 11.4. The van der Waals surface area contributed by atoms with E-state index in [-0.39, 0.29) is 24.0 Å². The molecule has 0 saturated carbocycles. The Labute approximate surface area is 218 Å². The first-order valence-electron chi connectivity index (χ1n) is 12.2. The number of alkyl halides is 3. The predicted octanol–water partition coefficient (Wildman–Crippen LogP) is 4.13. The number of rotatable bonds is 6. The fourth-order valence-electron chi connectivity index (χ4n) is 4.39. The highest BCUT2D eigenvalue weighted by Crippen LogP contribution is 2.31. The van der Waals surface area contributed by atoms with Crippen LogP contribution < -0.4 is 5.32 Å². The molecule has 1 saturated heterocycles. The van der Waals surface area contributed by atoms with Gasteiger partial charge < -0.3 is 19.1 Å². The van der Waals surface area contributed by atoms with E-state index in [1.165, 1.54) is 18.2 Å². The van der Waals surface area contributed by atoms with Crippen molar-refractivity contribution in [2.45, 2.75) is 19.1 Å². The molecule has 1 fully saturated rings. The number of nitrogens with zero attached hydrogens (tertiary/aromatic N) is 4. The molecule has 38 heavy (non-hydrogen) atoms. The predicted molar refractivity (Wildman–Crippen MR) is 138 cm³/mol. The van der Waals surface area contributed by atoms with Gasteiger partial charge in [-0.2, -0.15) is 13.2 Å². The molecule has 1 aromatic heterocycles. The van der Waals surface area contributed by atoms with Gasteiger partial charge in [0.15, 0.2) is 0 Å². The normalized spacial score (nSPS) is 16.8. The van der Waals surface area contributed by atoms with Gasteiger partial charge >= 0.3 is 6.18 Å². The monoisotopic (exact) mass is 529 g/mol. The number of carbonyl (C=O) groups is 2. The van der Waals surface area contributed by atoms with Gasteiger partial charge in [0.1, 0.15) is 0 Å². The zero-order valence-corrected chi connectivity index (χ0v) is 21.5. The number of anilines is 1. The summed E-state index contributed by atoms with van der Waals surface area (Å²) in [6.45, 7) is 3.84. The third-order valence-electron chi connectivity index (χ3n) is 6.24. The average molecular weight is 530 g/mol. The van der Waals surface area contributed by atoms with Crippen molar-refractivity contribution in [2.75, 3.05) is 52.3 Å². The van der Waals surface area contributed by atoms with E-state index in [0.29, 0.717) is 31.8 Å². The Morgan fingerprint density at radius 3 is 2.71 bits per heavy atom. The average Bonchev–Trinajstić information content (AvgIpc) is 3.05. The van der Waals surface area contributed by atoms with E-state index < -0.39 is 23.7 Å². The molecule has 2 amide bonds. The van der Waals surface area contributed by atoms with E-state index in [1.807, 2.05) is 42.6 Å². The lowest BCUT2D eigenvalue weighted by molar-refractivity contribution is -0.137. The maximum Gasteiger partial charge on any atom is 0.416 e. The Balaban J connectivity index is 1.68. The van der Waals surface area contributed by atoms with Crippen LogP contribution in [-0.4, -0.2) is 78.1 Å². The number of fused-ring (bicyclic) bond motifs is 1. The van der Waals surface area contributed by atoms with Crippen LogP contribution in [0.5, 0.6) is 0 Å². The zero-order valence-electron chi connectivity index (χ0n) is 21.5. The van der Waals surface area contributed by atoms with Gasteiger partial charge in [0.05, 0.1) is 35.9 Å². The number of aryl methyl sites for hydroxylation is 1. The summed E-state index contributed by atoms with van der Waals surface area (Å²) in [4.78, 5) is 34.2. The molecule has 11 heteroatoms. The minimum absolute atomic E-state index is 0.143. The number of nitrogens with one attached hydrogen (secondary N) is 1. The standard InChI is InChI=1S/C27H30F3N5O3/c1-18-7-4-10-22-24(18)35(21-16-34(13-14-38-17-21)23(36)11-6-12-33(2)3)26(31-22)32-25(37)19-8-5-9-20(15-19)27(28,29)30/h4-11,15,21H,12-14,16-17H2,1-3H3,(H,31,32,37)/t21-/m0/s1. The van der Waals surface area contributed by atoms with Crippen LogP contribution in [0.4, 0.5) is 19.1 Å². The molecule has 0 unspecified atom stereocenters. The van der Waals surface area contributed by atoms with Crippen LogP contribution >= 0.6 is 0 Å². The molecule has 1 aliphatic rings. The van der Waals surface area contributed by atoms with Crippen molar-refractivity contribution >= 4 is 28.8 Å². The summed E-state index contributed by atoms with van der Waals surface area (Å²) in [5.74, 6) is -0.708. The third kappa shape index (κ3) is 6.22. The van der Waals surface area contributed by atoms with E-state index in [0.717, 1.165) is 23.2 Å². The molecule has 8 nitrogen and oxygen atoms in total. The summed E-state index contributed by atoms with van der Waals surface area (Å²) in [6, 6.07) is 9.37. The Bertz CT molecular complexity index is 1350. The molecule has 4 rings (SSSR count). The minimum atomic E-state index is -4.57. The van der Waals surface area contributed by atoms with Crippen LogP contribution in [0.15, 0.2) is 54.6 Å². The Hall–Kier alpha value is -3.70. The largest absolute Gasteiger partial charge is 0.416 e. The molecule has 2 heterocycles. The van der Waals surface area contributed by atoms with Gasteiger partial charge in [-0.25, -0.2) is 4.98 Å². The highest BCUT2D eigenvalue weighted by atomic mass is 19.4. The minimum Gasteiger partial charge on any atom is -0.377 e. The lowest BCUT2D eigenvalue weighted by atomic mass is 10.1. The Morgan fingerprint density at radius 1 is 1.21 bits per heavy atom. The fraction of sp³-hybridized carbons (Fsp3) is 0.370. The van der Waals surface area contributed by atoms with Crippen LogP contribution in [0.1, 0.15) is 27.5 Å². The first kappa shape index (κ1) is 27.3. The number of aromatic nitrogens is 2. The van der Waals surface area contributed by atoms with Crippen LogP contribution in [-0.2, 0) is 15.7 Å². The number of benzene rings is 2. The molecule has 0 bridgehead atoms. The van der Waals surface area contributed by atoms with Crippen molar-refractivity contribution in [2.24, 2.45) is 0 Å². The first-order valence-corrected chi connectivity index (χ1v) is 12.2. The van der Waals surface area contributed by atoms with Crippen molar-refractivity contribution in [3.05, 3.63) is 71.3 Å². The van der Waals surface area contributed by atoms with Crippen molar-refractivity contribution in [3.8, 4) is 0 Å². The summed E-state index contributed by atoms with van der Waals surface area (Å²) in [5.41, 5.74) is 1.19. The SMILES string of the molecule is Cc1cccc2nc(NC(=O)c3cccc(C(F)(F)F)c3)n([C@@H]3COCCN(C(=O)C=CCN(C)C)C3)c12. The van der Waals surface area contributed by atoms with Crippen LogP contribution in [0.3, 0.4) is 0 Å². The highest BCUT2D eigenvalue weighted by Gasteiger charge is 2.31. The summed E-state index contributed by atoms with van der Waals surface area (Å²) >= 11 is 0. The van der Waals surface area contributed by atoms with Gasteiger partial charge in [-0.05, 0) is 50.8 Å². The second-order valence-corrected chi connectivity index (χ2v) is 9.46. The fourth-order valence-corrected chi connectivity index (χ4v) is 4.39. The van der Waals surface area contributed by atoms with Gasteiger partial charge in [0.25, 0.3) is 5.91 Å². The second-order valence-electron chi connectivity index (χ2n) is 9.46. The van der Waals surface area contributed by atoms with E-state index >= 15 is 0 Å². The summed E-state index contributed by atoms with van der Waals surface area (Å²) in [5, 5.41) is 2.70. The van der Waals surface area contributed by atoms with Crippen molar-refractivity contribution < 1.29 is 27.5 Å². The Kier molecular flexibility index (Phi) is 8.17. The lowest BCUT2D eigenvalue weighted by Gasteiger charge is -2.25. The molecule has 0 spiro atoms. The van der Waals surface area contributed by atoms with Crippen molar-refractivity contribution in [3.63, 3.8) is 0 Å². The zero-order chi connectivity index (χ0) is 27.4. The van der Waals surface area contributed by atoms with Gasteiger partial charge in [0, 0.05) is 31.3 Å². The summed E-state index contributed by atoms with van der Waals surface area (Å²) < 4.78 is 47.3. The molecular formula is C27H30F3N5O3. The number of likely N-dealkylation sites (N-methyl/N-ethyl adjacent to an activating group) is 1. The number of halogens is 3. The molecular weight excluding hydrogens is 499 g/mol. The van der Waals surface area contributed by atoms with Crippen LogP contribution in [0.2, 0.25) is 0 Å². The smallest absolute Gasteiger partial charge is 0.377 e. The number of ether oxygens (including phenoxy) is 1.